The molecule has 4 rings (SSSR count). The van der Waals surface area contributed by atoms with E-state index >= 15 is 0 Å². The highest BCUT2D eigenvalue weighted by atomic mass is 19.1. The van der Waals surface area contributed by atoms with Gasteiger partial charge >= 0.3 is 5.97 Å². The summed E-state index contributed by atoms with van der Waals surface area (Å²) in [6, 6.07) is 1.09. The molecule has 0 bridgehead atoms. The van der Waals surface area contributed by atoms with Crippen molar-refractivity contribution in [2.75, 3.05) is 6.61 Å². The van der Waals surface area contributed by atoms with E-state index in [0.29, 0.717) is 18.4 Å². The lowest BCUT2D eigenvalue weighted by molar-refractivity contribution is 0.0693. The van der Waals surface area contributed by atoms with Gasteiger partial charge in [0.2, 0.25) is 5.43 Å². The average Bonchev–Trinajstić information content (AvgIpc) is 3.22. The van der Waals surface area contributed by atoms with Gasteiger partial charge in [-0.25, -0.2) is 9.18 Å². The zero-order valence-electron chi connectivity index (χ0n) is 13.4. The molecule has 1 aliphatic heterocycles. The minimum atomic E-state index is -1.34. The van der Waals surface area contributed by atoms with Gasteiger partial charge in [0.1, 0.15) is 18.0 Å². The van der Waals surface area contributed by atoms with Crippen LogP contribution in [-0.2, 0) is 11.1 Å². The predicted molar refractivity (Wildman–Crippen MR) is 85.0 cm³/mol. The molecule has 1 aromatic heterocycles. The molecule has 7 heteroatoms. The topological polar surface area (TPSA) is 94.6 Å². The molecule has 1 saturated carbocycles. The van der Waals surface area contributed by atoms with Gasteiger partial charge in [-0.15, -0.1) is 0 Å². The Hall–Kier alpha value is -2.41. The van der Waals surface area contributed by atoms with Crippen molar-refractivity contribution in [3.8, 4) is 5.75 Å². The Morgan fingerprint density at radius 2 is 2.08 bits per heavy atom. The second-order valence-corrected chi connectivity index (χ2v) is 7.26. The third-order valence-corrected chi connectivity index (χ3v) is 4.93. The lowest BCUT2D eigenvalue weighted by atomic mass is 9.95. The third kappa shape index (κ3) is 1.84. The summed E-state index contributed by atoms with van der Waals surface area (Å²) in [4.78, 5) is 23.9. The Bertz CT molecular complexity index is 973. The van der Waals surface area contributed by atoms with Gasteiger partial charge in [-0.05, 0) is 32.8 Å². The van der Waals surface area contributed by atoms with E-state index in [4.69, 9.17) is 10.5 Å². The van der Waals surface area contributed by atoms with Gasteiger partial charge in [0.25, 0.3) is 0 Å². The fourth-order valence-corrected chi connectivity index (χ4v) is 3.36. The molecule has 0 spiro atoms. The largest absolute Gasteiger partial charge is 0.488 e. The van der Waals surface area contributed by atoms with Crippen LogP contribution in [0.2, 0.25) is 0 Å². The van der Waals surface area contributed by atoms with Gasteiger partial charge in [-0.2, -0.15) is 0 Å². The molecule has 3 N–H and O–H groups in total. The summed E-state index contributed by atoms with van der Waals surface area (Å²) in [6.45, 7) is 3.96. The normalized spacial score (nSPS) is 19.8. The van der Waals surface area contributed by atoms with Crippen LogP contribution in [0.3, 0.4) is 0 Å². The van der Waals surface area contributed by atoms with Crippen molar-refractivity contribution >= 4 is 16.9 Å². The summed E-state index contributed by atoms with van der Waals surface area (Å²) in [5.74, 6) is -1.70. The number of nitrogens with zero attached hydrogens (tertiary/aromatic N) is 1. The van der Waals surface area contributed by atoms with Gasteiger partial charge in [0.15, 0.2) is 5.75 Å². The van der Waals surface area contributed by atoms with Crippen LogP contribution in [0.5, 0.6) is 5.75 Å². The Morgan fingerprint density at radius 3 is 2.67 bits per heavy atom. The van der Waals surface area contributed by atoms with E-state index in [1.54, 1.807) is 4.57 Å². The molecule has 0 radical (unpaired) electrons. The van der Waals surface area contributed by atoms with Crippen molar-refractivity contribution in [1.82, 2.24) is 4.57 Å². The maximum absolute atomic E-state index is 14.7. The highest BCUT2D eigenvalue weighted by molar-refractivity contribution is 5.95. The SMILES string of the molecule is CC1(C)COc2c(C3(N)CC3)c(F)cc3c(=O)c(C(=O)O)cn1c23. The molecule has 0 unspecified atom stereocenters. The number of ether oxygens (including phenoxy) is 1. The zero-order valence-corrected chi connectivity index (χ0v) is 13.4. The molecule has 1 aromatic carbocycles. The summed E-state index contributed by atoms with van der Waals surface area (Å²) in [6.07, 6.45) is 2.61. The Labute approximate surface area is 136 Å². The number of aromatic nitrogens is 1. The number of halogens is 1. The number of carbonyl (C=O) groups is 1. The van der Waals surface area contributed by atoms with E-state index in [9.17, 15) is 19.1 Å². The number of hydrogen-bond donors (Lipinski definition) is 2. The first-order valence-electron chi connectivity index (χ1n) is 7.73. The Kier molecular flexibility index (Phi) is 2.75. The predicted octanol–water partition coefficient (Wildman–Crippen LogP) is 1.91. The van der Waals surface area contributed by atoms with Gasteiger partial charge in [-0.3, -0.25) is 4.79 Å². The van der Waals surface area contributed by atoms with Crippen LogP contribution in [-0.4, -0.2) is 22.2 Å². The summed E-state index contributed by atoms with van der Waals surface area (Å²) in [7, 11) is 0. The van der Waals surface area contributed by atoms with Gasteiger partial charge < -0.3 is 20.1 Å². The number of pyridine rings is 1. The average molecular weight is 332 g/mol. The van der Waals surface area contributed by atoms with Crippen molar-refractivity contribution in [3.63, 3.8) is 0 Å². The number of hydrogen-bond acceptors (Lipinski definition) is 4. The number of rotatable bonds is 2. The summed E-state index contributed by atoms with van der Waals surface area (Å²) in [5, 5.41) is 9.31. The molecule has 2 aliphatic rings. The van der Waals surface area contributed by atoms with Crippen LogP contribution in [0.1, 0.15) is 42.6 Å². The Morgan fingerprint density at radius 1 is 1.42 bits per heavy atom. The van der Waals surface area contributed by atoms with Crippen molar-refractivity contribution in [3.05, 3.63) is 39.4 Å². The highest BCUT2D eigenvalue weighted by Gasteiger charge is 2.47. The van der Waals surface area contributed by atoms with Crippen LogP contribution in [0.15, 0.2) is 17.1 Å². The monoisotopic (exact) mass is 332 g/mol. The van der Waals surface area contributed by atoms with Crippen LogP contribution >= 0.6 is 0 Å². The number of nitrogens with two attached hydrogens (primary N) is 1. The van der Waals surface area contributed by atoms with Gasteiger partial charge in [0, 0.05) is 11.7 Å². The molecule has 2 aromatic rings. The summed E-state index contributed by atoms with van der Waals surface area (Å²) in [5.41, 5.74) is 4.42. The molecule has 0 saturated heterocycles. The van der Waals surface area contributed by atoms with Crippen LogP contribution in [0.25, 0.3) is 10.9 Å². The first kappa shape index (κ1) is 15.1. The second kappa shape index (κ2) is 4.36. The molecular weight excluding hydrogens is 315 g/mol. The van der Waals surface area contributed by atoms with Crippen LogP contribution in [0, 0.1) is 5.82 Å². The lowest BCUT2D eigenvalue weighted by Crippen LogP contribution is -2.40. The van der Waals surface area contributed by atoms with E-state index in [1.165, 1.54) is 6.20 Å². The lowest BCUT2D eigenvalue weighted by Gasteiger charge is -2.36. The molecule has 24 heavy (non-hydrogen) atoms. The van der Waals surface area contributed by atoms with E-state index in [1.807, 2.05) is 13.8 Å². The Balaban J connectivity index is 2.21. The van der Waals surface area contributed by atoms with Crippen LogP contribution in [0.4, 0.5) is 4.39 Å². The van der Waals surface area contributed by atoms with Gasteiger partial charge in [-0.1, -0.05) is 0 Å². The summed E-state index contributed by atoms with van der Waals surface area (Å²) >= 11 is 0. The van der Waals surface area contributed by atoms with Crippen molar-refractivity contribution < 1.29 is 19.0 Å². The molecule has 126 valence electrons. The van der Waals surface area contributed by atoms with E-state index in [-0.39, 0.29) is 28.9 Å². The first-order chi connectivity index (χ1) is 11.2. The van der Waals surface area contributed by atoms with Gasteiger partial charge in [0.05, 0.1) is 22.0 Å². The second-order valence-electron chi connectivity index (χ2n) is 7.26. The quantitative estimate of drug-likeness (QED) is 0.876. The molecule has 1 aliphatic carbocycles. The molecule has 6 nitrogen and oxygen atoms in total. The van der Waals surface area contributed by atoms with Crippen molar-refractivity contribution in [1.29, 1.82) is 0 Å². The molecule has 0 amide bonds. The standard InChI is InChI=1S/C17H17FN2O4/c1-16(2)7-24-14-11(17(19)3-4-17)10(18)5-8-12(14)20(16)6-9(13(8)21)15(22)23/h5-6H,3-4,7,19H2,1-2H3,(H,22,23). The fraction of sp³-hybridized carbons (Fsp3) is 0.412. The summed E-state index contributed by atoms with van der Waals surface area (Å²) < 4.78 is 22.2. The van der Waals surface area contributed by atoms with Crippen molar-refractivity contribution in [2.45, 2.75) is 37.8 Å². The van der Waals surface area contributed by atoms with E-state index in [0.717, 1.165) is 6.07 Å². The number of carboxylic acid groups (broad SMARTS) is 1. The number of aromatic carboxylic acids is 1. The first-order valence-corrected chi connectivity index (χ1v) is 7.73. The fourth-order valence-electron chi connectivity index (χ4n) is 3.36. The molecule has 0 atom stereocenters. The number of benzene rings is 1. The highest BCUT2D eigenvalue weighted by Crippen LogP contribution is 2.51. The third-order valence-electron chi connectivity index (χ3n) is 4.93. The van der Waals surface area contributed by atoms with E-state index < -0.39 is 28.3 Å². The van der Waals surface area contributed by atoms with Crippen molar-refractivity contribution in [2.24, 2.45) is 5.73 Å². The molecule has 1 fully saturated rings. The zero-order chi connectivity index (χ0) is 17.4. The van der Waals surface area contributed by atoms with Crippen LogP contribution < -0.4 is 15.9 Å². The van der Waals surface area contributed by atoms with E-state index in [2.05, 4.69) is 0 Å². The smallest absolute Gasteiger partial charge is 0.341 e. The maximum Gasteiger partial charge on any atom is 0.341 e. The molecular formula is C17H17FN2O4. The number of carboxylic acids is 1. The maximum atomic E-state index is 14.7. The minimum absolute atomic E-state index is 0.00294. The minimum Gasteiger partial charge on any atom is -0.488 e. The molecule has 2 heterocycles.